The summed E-state index contributed by atoms with van der Waals surface area (Å²) in [6.07, 6.45) is 0.684. The second kappa shape index (κ2) is 5.95. The Morgan fingerprint density at radius 1 is 1.38 bits per heavy atom. The fraction of sp³-hybridized carbons (Fsp3) is 0.400. The van der Waals surface area contributed by atoms with Gasteiger partial charge in [0, 0.05) is 18.5 Å². The summed E-state index contributed by atoms with van der Waals surface area (Å²) in [5, 5.41) is 14.0. The Kier molecular flexibility index (Phi) is 4.26. The topological polar surface area (TPSA) is 75.4 Å². The second-order valence-corrected chi connectivity index (χ2v) is 5.07. The maximum Gasteiger partial charge on any atom is 0.323 e. The van der Waals surface area contributed by atoms with Crippen molar-refractivity contribution in [2.75, 3.05) is 6.54 Å². The van der Waals surface area contributed by atoms with Crippen molar-refractivity contribution in [3.8, 4) is 0 Å². The third kappa shape index (κ3) is 2.89. The number of rotatable bonds is 5. The summed E-state index contributed by atoms with van der Waals surface area (Å²) in [4.78, 5) is 25.1. The van der Waals surface area contributed by atoms with Crippen molar-refractivity contribution >= 4 is 22.8 Å². The molecule has 0 fully saturated rings. The molecule has 0 radical (unpaired) electrons. The van der Waals surface area contributed by atoms with Crippen LogP contribution >= 0.6 is 0 Å². The van der Waals surface area contributed by atoms with E-state index in [0.717, 1.165) is 10.9 Å². The lowest BCUT2D eigenvalue weighted by Gasteiger charge is -2.26. The zero-order valence-corrected chi connectivity index (χ0v) is 12.4. The van der Waals surface area contributed by atoms with Gasteiger partial charge in [-0.1, -0.05) is 25.1 Å². The van der Waals surface area contributed by atoms with Crippen LogP contribution in [0.5, 0.6) is 0 Å². The zero-order valence-electron chi connectivity index (χ0n) is 12.4. The second-order valence-electron chi connectivity index (χ2n) is 5.07. The van der Waals surface area contributed by atoms with Gasteiger partial charge in [0.1, 0.15) is 6.54 Å². The van der Waals surface area contributed by atoms with Crippen LogP contribution in [0.25, 0.3) is 10.9 Å². The molecule has 21 heavy (non-hydrogen) atoms. The van der Waals surface area contributed by atoms with Crippen LogP contribution in [-0.2, 0) is 11.8 Å². The third-order valence-electron chi connectivity index (χ3n) is 3.65. The number of para-hydroxylation sites is 1. The quantitative estimate of drug-likeness (QED) is 0.912. The van der Waals surface area contributed by atoms with E-state index in [1.165, 1.54) is 4.90 Å². The van der Waals surface area contributed by atoms with Gasteiger partial charge in [-0.2, -0.15) is 5.10 Å². The van der Waals surface area contributed by atoms with Crippen LogP contribution in [0.2, 0.25) is 0 Å². The van der Waals surface area contributed by atoms with Gasteiger partial charge in [-0.05, 0) is 19.4 Å². The lowest BCUT2D eigenvalue weighted by atomic mass is 10.1. The number of aryl methyl sites for hydroxylation is 1. The van der Waals surface area contributed by atoms with Gasteiger partial charge < -0.3 is 10.0 Å². The smallest absolute Gasteiger partial charge is 0.323 e. The van der Waals surface area contributed by atoms with E-state index in [1.807, 2.05) is 38.1 Å². The van der Waals surface area contributed by atoms with Crippen molar-refractivity contribution < 1.29 is 14.7 Å². The van der Waals surface area contributed by atoms with Crippen molar-refractivity contribution in [2.24, 2.45) is 7.05 Å². The molecule has 1 aromatic heterocycles. The monoisotopic (exact) mass is 289 g/mol. The Hall–Kier alpha value is -2.37. The van der Waals surface area contributed by atoms with E-state index in [9.17, 15) is 9.59 Å². The maximum atomic E-state index is 12.7. The summed E-state index contributed by atoms with van der Waals surface area (Å²) in [6, 6.07) is 7.26. The number of amides is 1. The van der Waals surface area contributed by atoms with Crippen LogP contribution in [0.3, 0.4) is 0 Å². The molecule has 1 amide bonds. The van der Waals surface area contributed by atoms with Crippen LogP contribution < -0.4 is 0 Å². The van der Waals surface area contributed by atoms with E-state index < -0.39 is 5.97 Å². The van der Waals surface area contributed by atoms with Crippen molar-refractivity contribution in [1.29, 1.82) is 0 Å². The fourth-order valence-electron chi connectivity index (χ4n) is 2.30. The summed E-state index contributed by atoms with van der Waals surface area (Å²) in [5.74, 6) is -1.37. The molecule has 0 bridgehead atoms. The molecule has 1 N–H and O–H groups in total. The van der Waals surface area contributed by atoms with Gasteiger partial charge in [-0.15, -0.1) is 0 Å². The van der Waals surface area contributed by atoms with Crippen molar-refractivity contribution in [3.63, 3.8) is 0 Å². The van der Waals surface area contributed by atoms with Gasteiger partial charge in [0.05, 0.1) is 5.52 Å². The number of aromatic nitrogens is 2. The third-order valence-corrected chi connectivity index (χ3v) is 3.65. The molecule has 112 valence electrons. The standard InChI is InChI=1S/C15H19N3O3/c1-4-10(2)18(9-13(19)20)15(21)14-11-7-5-6-8-12(11)17(3)16-14/h5-8,10H,4,9H2,1-3H3,(H,19,20). The molecule has 0 aliphatic heterocycles. The highest BCUT2D eigenvalue weighted by Crippen LogP contribution is 2.20. The number of carbonyl (C=O) groups is 2. The Bertz CT molecular complexity index is 678. The zero-order chi connectivity index (χ0) is 15.6. The first-order valence-corrected chi connectivity index (χ1v) is 6.90. The fourth-order valence-corrected chi connectivity index (χ4v) is 2.30. The minimum absolute atomic E-state index is 0.158. The summed E-state index contributed by atoms with van der Waals surface area (Å²) < 4.78 is 1.64. The van der Waals surface area contributed by atoms with E-state index in [1.54, 1.807) is 11.7 Å². The number of carbonyl (C=O) groups excluding carboxylic acids is 1. The van der Waals surface area contributed by atoms with Crippen molar-refractivity contribution in [2.45, 2.75) is 26.3 Å². The van der Waals surface area contributed by atoms with Crippen molar-refractivity contribution in [3.05, 3.63) is 30.0 Å². The van der Waals surface area contributed by atoms with Crippen LogP contribution in [0.1, 0.15) is 30.8 Å². The molecule has 0 saturated heterocycles. The predicted molar refractivity (Wildman–Crippen MR) is 79.1 cm³/mol. The summed E-state index contributed by atoms with van der Waals surface area (Å²) in [7, 11) is 1.77. The number of fused-ring (bicyclic) bond motifs is 1. The number of carboxylic acid groups (broad SMARTS) is 1. The van der Waals surface area contributed by atoms with Gasteiger partial charge >= 0.3 is 5.97 Å². The SMILES string of the molecule is CCC(C)N(CC(=O)O)C(=O)c1nn(C)c2ccccc12. The molecule has 1 aromatic carbocycles. The number of carboxylic acids is 1. The Labute approximate surface area is 123 Å². The Balaban J connectivity index is 2.45. The number of nitrogens with zero attached hydrogens (tertiary/aromatic N) is 3. The number of hydrogen-bond donors (Lipinski definition) is 1. The lowest BCUT2D eigenvalue weighted by molar-refractivity contribution is -0.138. The van der Waals surface area contributed by atoms with E-state index in [4.69, 9.17) is 5.11 Å². The summed E-state index contributed by atoms with van der Waals surface area (Å²) in [6.45, 7) is 3.44. The molecule has 0 spiro atoms. The highest BCUT2D eigenvalue weighted by Gasteiger charge is 2.26. The van der Waals surface area contributed by atoms with Gasteiger partial charge in [-0.25, -0.2) is 0 Å². The van der Waals surface area contributed by atoms with E-state index >= 15 is 0 Å². The highest BCUT2D eigenvalue weighted by atomic mass is 16.4. The van der Waals surface area contributed by atoms with E-state index in [-0.39, 0.29) is 18.5 Å². The van der Waals surface area contributed by atoms with Gasteiger partial charge in [0.2, 0.25) is 0 Å². The molecule has 6 heteroatoms. The summed E-state index contributed by atoms with van der Waals surface area (Å²) >= 11 is 0. The first-order valence-electron chi connectivity index (χ1n) is 6.90. The Morgan fingerprint density at radius 3 is 2.67 bits per heavy atom. The minimum Gasteiger partial charge on any atom is -0.480 e. The summed E-state index contributed by atoms with van der Waals surface area (Å²) in [5.41, 5.74) is 1.15. The minimum atomic E-state index is -1.02. The molecule has 6 nitrogen and oxygen atoms in total. The molecule has 0 aliphatic carbocycles. The highest BCUT2D eigenvalue weighted by molar-refractivity contribution is 6.05. The average Bonchev–Trinajstić information content (AvgIpc) is 2.81. The van der Waals surface area contributed by atoms with E-state index in [2.05, 4.69) is 5.10 Å². The normalized spacial score (nSPS) is 12.3. The molecule has 1 atom stereocenters. The number of benzene rings is 1. The van der Waals surface area contributed by atoms with Gasteiger partial charge in [0.25, 0.3) is 5.91 Å². The molecule has 2 rings (SSSR count). The first kappa shape index (κ1) is 15.0. The molecule has 1 heterocycles. The molecular weight excluding hydrogens is 270 g/mol. The molecule has 0 aliphatic rings. The van der Waals surface area contributed by atoms with Crippen LogP contribution in [-0.4, -0.2) is 44.3 Å². The number of aliphatic carboxylic acids is 1. The van der Waals surface area contributed by atoms with Crippen LogP contribution in [0.4, 0.5) is 0 Å². The van der Waals surface area contributed by atoms with E-state index in [0.29, 0.717) is 12.1 Å². The Morgan fingerprint density at radius 2 is 2.05 bits per heavy atom. The molecule has 0 saturated carbocycles. The van der Waals surface area contributed by atoms with Gasteiger partial charge in [-0.3, -0.25) is 14.3 Å². The van der Waals surface area contributed by atoms with Crippen LogP contribution in [0.15, 0.2) is 24.3 Å². The molecular formula is C15H19N3O3. The molecule has 1 unspecified atom stereocenters. The van der Waals surface area contributed by atoms with Gasteiger partial charge in [0.15, 0.2) is 5.69 Å². The largest absolute Gasteiger partial charge is 0.480 e. The first-order chi connectivity index (χ1) is 9.95. The number of hydrogen-bond acceptors (Lipinski definition) is 3. The van der Waals surface area contributed by atoms with Crippen LogP contribution in [0, 0.1) is 0 Å². The molecule has 2 aromatic rings. The lowest BCUT2D eigenvalue weighted by Crippen LogP contribution is -2.42. The van der Waals surface area contributed by atoms with Crippen molar-refractivity contribution in [1.82, 2.24) is 14.7 Å². The average molecular weight is 289 g/mol. The predicted octanol–water partition coefficient (Wildman–Crippen LogP) is 1.90. The maximum absolute atomic E-state index is 12.7.